The SMILES string of the molecule is CCCNC(=O)CNc1cc(Cl)c([N+](=O)[O-])cc1C. The predicted molar refractivity (Wildman–Crippen MR) is 74.6 cm³/mol. The maximum absolute atomic E-state index is 11.4. The van der Waals surface area contributed by atoms with E-state index in [9.17, 15) is 14.9 Å². The summed E-state index contributed by atoms with van der Waals surface area (Å²) in [6, 6.07) is 2.84. The molecule has 0 unspecified atom stereocenters. The standard InChI is InChI=1S/C12H16ClN3O3/c1-3-4-14-12(17)7-15-10-6-9(13)11(16(18)19)5-8(10)2/h5-6,15H,3-4,7H2,1-2H3,(H,14,17). The second-order valence-electron chi connectivity index (χ2n) is 4.08. The summed E-state index contributed by atoms with van der Waals surface area (Å²) in [5, 5.41) is 16.4. The fourth-order valence-corrected chi connectivity index (χ4v) is 1.73. The van der Waals surface area contributed by atoms with Gasteiger partial charge in [-0.1, -0.05) is 18.5 Å². The lowest BCUT2D eigenvalue weighted by Crippen LogP contribution is -2.30. The van der Waals surface area contributed by atoms with Crippen molar-refractivity contribution < 1.29 is 9.72 Å². The number of carbonyl (C=O) groups excluding carboxylic acids is 1. The van der Waals surface area contributed by atoms with Crippen molar-refractivity contribution in [1.29, 1.82) is 0 Å². The molecule has 1 rings (SSSR count). The number of nitro benzene ring substituents is 1. The van der Waals surface area contributed by atoms with E-state index in [1.165, 1.54) is 12.1 Å². The largest absolute Gasteiger partial charge is 0.376 e. The minimum atomic E-state index is -0.535. The molecule has 0 radical (unpaired) electrons. The quantitative estimate of drug-likeness (QED) is 0.621. The van der Waals surface area contributed by atoms with E-state index in [1.807, 2.05) is 6.92 Å². The number of hydrogen-bond donors (Lipinski definition) is 2. The number of hydrogen-bond acceptors (Lipinski definition) is 4. The first kappa shape index (κ1) is 15.2. The number of halogens is 1. The molecular formula is C12H16ClN3O3. The van der Waals surface area contributed by atoms with Crippen molar-refractivity contribution in [2.75, 3.05) is 18.4 Å². The molecule has 2 N–H and O–H groups in total. The molecule has 7 heteroatoms. The first-order valence-electron chi connectivity index (χ1n) is 5.90. The second-order valence-corrected chi connectivity index (χ2v) is 4.49. The Bertz CT molecular complexity index is 491. The van der Waals surface area contributed by atoms with E-state index in [0.29, 0.717) is 17.8 Å². The Morgan fingerprint density at radius 1 is 1.47 bits per heavy atom. The van der Waals surface area contributed by atoms with Gasteiger partial charge in [-0.25, -0.2) is 0 Å². The lowest BCUT2D eigenvalue weighted by molar-refractivity contribution is -0.384. The number of nitrogens with one attached hydrogen (secondary N) is 2. The van der Waals surface area contributed by atoms with Gasteiger partial charge in [0.2, 0.25) is 5.91 Å². The minimum Gasteiger partial charge on any atom is -0.376 e. The highest BCUT2D eigenvalue weighted by Gasteiger charge is 2.15. The Morgan fingerprint density at radius 2 is 2.16 bits per heavy atom. The highest BCUT2D eigenvalue weighted by atomic mass is 35.5. The topological polar surface area (TPSA) is 84.3 Å². The van der Waals surface area contributed by atoms with Crippen LogP contribution in [0.25, 0.3) is 0 Å². The molecule has 0 aliphatic carbocycles. The van der Waals surface area contributed by atoms with E-state index < -0.39 is 4.92 Å². The zero-order valence-corrected chi connectivity index (χ0v) is 11.6. The molecule has 1 amide bonds. The lowest BCUT2D eigenvalue weighted by Gasteiger charge is -2.10. The number of aryl methyl sites for hydroxylation is 1. The van der Waals surface area contributed by atoms with Crippen molar-refractivity contribution in [2.24, 2.45) is 0 Å². The Balaban J connectivity index is 2.72. The molecule has 0 bridgehead atoms. The summed E-state index contributed by atoms with van der Waals surface area (Å²) < 4.78 is 0. The molecule has 0 saturated heterocycles. The van der Waals surface area contributed by atoms with Gasteiger partial charge in [-0.3, -0.25) is 14.9 Å². The third-order valence-electron chi connectivity index (χ3n) is 2.50. The van der Waals surface area contributed by atoms with Gasteiger partial charge in [0.1, 0.15) is 5.02 Å². The van der Waals surface area contributed by atoms with E-state index in [4.69, 9.17) is 11.6 Å². The molecule has 104 valence electrons. The first-order valence-corrected chi connectivity index (χ1v) is 6.28. The Kier molecular flexibility index (Phi) is 5.57. The fraction of sp³-hybridized carbons (Fsp3) is 0.417. The summed E-state index contributed by atoms with van der Waals surface area (Å²) in [6.45, 7) is 4.42. The smallest absolute Gasteiger partial charge is 0.288 e. The van der Waals surface area contributed by atoms with E-state index >= 15 is 0 Å². The first-order chi connectivity index (χ1) is 8.95. The van der Waals surface area contributed by atoms with Gasteiger partial charge in [-0.15, -0.1) is 0 Å². The number of rotatable bonds is 6. The molecule has 0 heterocycles. The van der Waals surface area contributed by atoms with Crippen molar-refractivity contribution in [1.82, 2.24) is 5.32 Å². The maximum atomic E-state index is 11.4. The van der Waals surface area contributed by atoms with E-state index in [-0.39, 0.29) is 23.2 Å². The summed E-state index contributed by atoms with van der Waals surface area (Å²) in [6.07, 6.45) is 0.869. The van der Waals surface area contributed by atoms with Crippen molar-refractivity contribution >= 4 is 28.9 Å². The van der Waals surface area contributed by atoms with Gasteiger partial charge in [0, 0.05) is 18.3 Å². The monoisotopic (exact) mass is 285 g/mol. The van der Waals surface area contributed by atoms with Gasteiger partial charge in [0.25, 0.3) is 5.69 Å². The van der Waals surface area contributed by atoms with E-state index in [0.717, 1.165) is 6.42 Å². The van der Waals surface area contributed by atoms with E-state index in [2.05, 4.69) is 10.6 Å². The normalized spacial score (nSPS) is 10.1. The molecule has 1 aromatic rings. The van der Waals surface area contributed by atoms with Crippen LogP contribution in [0.5, 0.6) is 0 Å². The number of carbonyl (C=O) groups is 1. The maximum Gasteiger partial charge on any atom is 0.288 e. The Labute approximate surface area is 116 Å². The van der Waals surface area contributed by atoms with Gasteiger partial charge in [-0.2, -0.15) is 0 Å². The van der Waals surface area contributed by atoms with Crippen LogP contribution in [0.1, 0.15) is 18.9 Å². The molecule has 0 aliphatic rings. The van der Waals surface area contributed by atoms with Crippen LogP contribution >= 0.6 is 11.6 Å². The summed E-state index contributed by atoms with van der Waals surface area (Å²) in [5.41, 5.74) is 1.14. The van der Waals surface area contributed by atoms with Crippen LogP contribution in [-0.4, -0.2) is 23.9 Å². The molecule has 19 heavy (non-hydrogen) atoms. The predicted octanol–water partition coefficient (Wildman–Crippen LogP) is 2.49. The third kappa shape index (κ3) is 4.40. The number of nitro groups is 1. The van der Waals surface area contributed by atoms with Crippen LogP contribution in [0.4, 0.5) is 11.4 Å². The molecule has 1 aromatic carbocycles. The molecule has 0 fully saturated rings. The average molecular weight is 286 g/mol. The van der Waals surface area contributed by atoms with E-state index in [1.54, 1.807) is 6.92 Å². The molecule has 0 saturated carbocycles. The van der Waals surface area contributed by atoms with Gasteiger partial charge < -0.3 is 10.6 Å². The van der Waals surface area contributed by atoms with Crippen LogP contribution < -0.4 is 10.6 Å². The van der Waals surface area contributed by atoms with Crippen molar-refractivity contribution in [3.05, 3.63) is 32.8 Å². The number of nitrogens with zero attached hydrogens (tertiary/aromatic N) is 1. The van der Waals surface area contributed by atoms with Crippen LogP contribution in [0, 0.1) is 17.0 Å². The zero-order chi connectivity index (χ0) is 14.4. The molecular weight excluding hydrogens is 270 g/mol. The Hall–Kier alpha value is -1.82. The number of amides is 1. The summed E-state index contributed by atoms with van der Waals surface area (Å²) in [5.74, 6) is -0.129. The second kappa shape index (κ2) is 6.94. The van der Waals surface area contributed by atoms with Gasteiger partial charge in [-0.05, 0) is 25.0 Å². The van der Waals surface area contributed by atoms with Crippen LogP contribution in [0.3, 0.4) is 0 Å². The molecule has 0 spiro atoms. The van der Waals surface area contributed by atoms with Crippen molar-refractivity contribution in [3.63, 3.8) is 0 Å². The highest BCUT2D eigenvalue weighted by molar-refractivity contribution is 6.33. The third-order valence-corrected chi connectivity index (χ3v) is 2.80. The zero-order valence-electron chi connectivity index (χ0n) is 10.8. The molecule has 0 aliphatic heterocycles. The molecule has 0 aromatic heterocycles. The molecule has 6 nitrogen and oxygen atoms in total. The fourth-order valence-electron chi connectivity index (χ4n) is 1.50. The average Bonchev–Trinajstić information content (AvgIpc) is 2.36. The summed E-state index contributed by atoms with van der Waals surface area (Å²) in [4.78, 5) is 21.6. The van der Waals surface area contributed by atoms with Crippen LogP contribution in [-0.2, 0) is 4.79 Å². The minimum absolute atomic E-state index is 0.0482. The van der Waals surface area contributed by atoms with Gasteiger partial charge in [0.15, 0.2) is 0 Å². The van der Waals surface area contributed by atoms with Gasteiger partial charge >= 0.3 is 0 Å². The van der Waals surface area contributed by atoms with Crippen LogP contribution in [0.15, 0.2) is 12.1 Å². The van der Waals surface area contributed by atoms with Crippen LogP contribution in [0.2, 0.25) is 5.02 Å². The Morgan fingerprint density at radius 3 is 2.74 bits per heavy atom. The summed E-state index contributed by atoms with van der Waals surface area (Å²) in [7, 11) is 0. The number of benzene rings is 1. The molecule has 0 atom stereocenters. The highest BCUT2D eigenvalue weighted by Crippen LogP contribution is 2.30. The number of anilines is 1. The van der Waals surface area contributed by atoms with Crippen molar-refractivity contribution in [2.45, 2.75) is 20.3 Å². The lowest BCUT2D eigenvalue weighted by atomic mass is 10.2. The van der Waals surface area contributed by atoms with Crippen molar-refractivity contribution in [3.8, 4) is 0 Å². The summed E-state index contributed by atoms with van der Waals surface area (Å²) >= 11 is 5.81. The van der Waals surface area contributed by atoms with Gasteiger partial charge in [0.05, 0.1) is 11.5 Å².